The molecule has 0 bridgehead atoms. The van der Waals surface area contributed by atoms with Crippen LogP contribution in [0.3, 0.4) is 0 Å². The predicted octanol–water partition coefficient (Wildman–Crippen LogP) is 1.48. The van der Waals surface area contributed by atoms with E-state index in [1.807, 2.05) is 60.7 Å². The third kappa shape index (κ3) is 4.70. The maximum Gasteiger partial charge on any atom is 0.238 e. The van der Waals surface area contributed by atoms with E-state index < -0.39 is 37.2 Å². The largest absolute Gasteiger partial charge is 0.389 e. The van der Waals surface area contributed by atoms with Crippen molar-refractivity contribution in [1.82, 2.24) is 0 Å². The van der Waals surface area contributed by atoms with Gasteiger partial charge in [-0.3, -0.25) is 4.57 Å². The average molecular weight is 408 g/mol. The first-order chi connectivity index (χ1) is 13.4. The number of aliphatic hydroxyl groups is 3. The lowest BCUT2D eigenvalue weighted by molar-refractivity contribution is -0.142. The molecule has 0 amide bonds. The first-order valence-electron chi connectivity index (χ1n) is 9.05. The molecule has 1 fully saturated rings. The summed E-state index contributed by atoms with van der Waals surface area (Å²) < 4.78 is 23.8. The van der Waals surface area contributed by atoms with Crippen molar-refractivity contribution >= 4 is 7.37 Å². The van der Waals surface area contributed by atoms with Crippen molar-refractivity contribution in [3.8, 4) is 0 Å². The van der Waals surface area contributed by atoms with Crippen LogP contribution in [0.25, 0.3) is 0 Å². The molecule has 6 atom stereocenters. The van der Waals surface area contributed by atoms with Gasteiger partial charge in [-0.2, -0.15) is 0 Å². The summed E-state index contributed by atoms with van der Waals surface area (Å²) in [5.41, 5.74) is 0.416. The fourth-order valence-corrected chi connectivity index (χ4v) is 5.19. The van der Waals surface area contributed by atoms with Gasteiger partial charge < -0.3 is 29.7 Å². The lowest BCUT2D eigenvalue weighted by atomic mass is 10.0. The summed E-state index contributed by atoms with van der Waals surface area (Å²) in [6, 6.07) is 18.4. The van der Waals surface area contributed by atoms with Gasteiger partial charge in [-0.25, -0.2) is 0 Å². The lowest BCUT2D eigenvalue weighted by Gasteiger charge is -2.43. The monoisotopic (exact) mass is 408 g/mol. The fourth-order valence-electron chi connectivity index (χ4n) is 3.27. The summed E-state index contributed by atoms with van der Waals surface area (Å²) in [5.74, 6) is -1.91. The third-order valence-electron chi connectivity index (χ3n) is 4.91. The van der Waals surface area contributed by atoms with Gasteiger partial charge in [0.1, 0.15) is 12.2 Å². The van der Waals surface area contributed by atoms with Crippen molar-refractivity contribution in [3.63, 3.8) is 0 Å². The second kappa shape index (κ2) is 9.29. The Hall–Kier alpha value is -1.57. The highest BCUT2D eigenvalue weighted by Gasteiger charge is 2.56. The minimum absolute atomic E-state index is 0.0830. The van der Waals surface area contributed by atoms with Crippen molar-refractivity contribution in [3.05, 3.63) is 71.8 Å². The molecule has 1 unspecified atom stereocenters. The molecular formula is C20H25O7P. The van der Waals surface area contributed by atoms with E-state index in [0.717, 1.165) is 11.1 Å². The SMILES string of the molecule is O=P1(O)[C@H](O)[C@H](O)[C@@H](OCc2ccccc2)[C@H](O)[C@H]1COCc1ccccc1. The molecule has 0 aliphatic carbocycles. The molecule has 7 nitrogen and oxygen atoms in total. The van der Waals surface area contributed by atoms with Crippen molar-refractivity contribution in [1.29, 1.82) is 0 Å². The first kappa shape index (κ1) is 21.1. The molecule has 1 aliphatic heterocycles. The lowest BCUT2D eigenvalue weighted by Crippen LogP contribution is -2.57. The van der Waals surface area contributed by atoms with Gasteiger partial charge in [0.05, 0.1) is 31.6 Å². The van der Waals surface area contributed by atoms with Crippen molar-refractivity contribution in [2.45, 2.75) is 43.0 Å². The number of rotatable bonds is 7. The maximum atomic E-state index is 12.6. The first-order valence-corrected chi connectivity index (χ1v) is 10.8. The van der Waals surface area contributed by atoms with Crippen LogP contribution < -0.4 is 0 Å². The van der Waals surface area contributed by atoms with Gasteiger partial charge >= 0.3 is 0 Å². The zero-order valence-corrected chi connectivity index (χ0v) is 16.1. The predicted molar refractivity (Wildman–Crippen MR) is 103 cm³/mol. The van der Waals surface area contributed by atoms with E-state index in [-0.39, 0.29) is 19.8 Å². The van der Waals surface area contributed by atoms with Crippen LogP contribution in [0, 0.1) is 0 Å². The summed E-state index contributed by atoms with van der Waals surface area (Å²) in [6.45, 7) is 0.0245. The number of ether oxygens (including phenoxy) is 2. The van der Waals surface area contributed by atoms with E-state index in [0.29, 0.717) is 0 Å². The van der Waals surface area contributed by atoms with E-state index in [1.54, 1.807) is 0 Å². The number of hydrogen-bond acceptors (Lipinski definition) is 6. The molecule has 2 aromatic carbocycles. The quantitative estimate of drug-likeness (QED) is 0.513. The topological polar surface area (TPSA) is 116 Å². The Morgan fingerprint density at radius 2 is 1.36 bits per heavy atom. The number of benzene rings is 2. The minimum atomic E-state index is -4.30. The van der Waals surface area contributed by atoms with E-state index in [4.69, 9.17) is 9.47 Å². The number of hydrogen-bond donors (Lipinski definition) is 4. The zero-order valence-electron chi connectivity index (χ0n) is 15.2. The molecule has 0 saturated carbocycles. The summed E-state index contributed by atoms with van der Waals surface area (Å²) >= 11 is 0. The Labute approximate surface area is 163 Å². The molecule has 1 aliphatic rings. The summed E-state index contributed by atoms with van der Waals surface area (Å²) in [5, 5.41) is 31.0. The van der Waals surface area contributed by atoms with Gasteiger partial charge in [0, 0.05) is 0 Å². The molecule has 8 heteroatoms. The Balaban J connectivity index is 1.67. The summed E-state index contributed by atoms with van der Waals surface area (Å²) in [4.78, 5) is 10.3. The highest BCUT2D eigenvalue weighted by Crippen LogP contribution is 2.57. The Morgan fingerprint density at radius 1 is 0.821 bits per heavy atom. The molecule has 3 rings (SSSR count). The van der Waals surface area contributed by atoms with Crippen LogP contribution in [0.5, 0.6) is 0 Å². The standard InChI is InChI=1S/C20H25O7P/c21-17-16(13-26-11-14-7-3-1-4-8-14)28(24,25)20(23)18(22)19(17)27-12-15-9-5-2-6-10-15/h1-10,16-23H,11-13H2,(H,24,25)/t16-,17-,18-,19+,20+/m1/s1. The van der Waals surface area contributed by atoms with Gasteiger partial charge in [-0.05, 0) is 11.1 Å². The van der Waals surface area contributed by atoms with Crippen molar-refractivity contribution in [2.24, 2.45) is 0 Å². The molecule has 1 saturated heterocycles. The van der Waals surface area contributed by atoms with Gasteiger partial charge in [-0.15, -0.1) is 0 Å². The van der Waals surface area contributed by atoms with Crippen LogP contribution in [0.15, 0.2) is 60.7 Å². The van der Waals surface area contributed by atoms with E-state index in [1.165, 1.54) is 0 Å². The molecule has 2 aromatic rings. The molecule has 4 N–H and O–H groups in total. The molecule has 0 radical (unpaired) electrons. The Bertz CT molecular complexity index is 786. The third-order valence-corrected chi connectivity index (χ3v) is 7.38. The number of aliphatic hydroxyl groups excluding tert-OH is 3. The van der Waals surface area contributed by atoms with E-state index in [2.05, 4.69) is 0 Å². The van der Waals surface area contributed by atoms with Crippen molar-refractivity contribution < 1.29 is 34.3 Å². The van der Waals surface area contributed by atoms with E-state index in [9.17, 15) is 24.8 Å². The Kier molecular flexibility index (Phi) is 7.01. The second-order valence-electron chi connectivity index (χ2n) is 6.90. The van der Waals surface area contributed by atoms with Crippen LogP contribution in [-0.4, -0.2) is 56.6 Å². The molecule has 152 valence electrons. The molecule has 28 heavy (non-hydrogen) atoms. The zero-order chi connectivity index (χ0) is 20.1. The Morgan fingerprint density at radius 3 is 1.93 bits per heavy atom. The van der Waals surface area contributed by atoms with Crippen LogP contribution >= 0.6 is 7.37 Å². The minimum Gasteiger partial charge on any atom is -0.389 e. The van der Waals surface area contributed by atoms with E-state index >= 15 is 0 Å². The van der Waals surface area contributed by atoms with Crippen LogP contribution in [-0.2, 0) is 27.3 Å². The van der Waals surface area contributed by atoms with Crippen molar-refractivity contribution in [2.75, 3.05) is 6.61 Å². The average Bonchev–Trinajstić information content (AvgIpc) is 2.71. The van der Waals surface area contributed by atoms with Crippen LogP contribution in [0.4, 0.5) is 0 Å². The molecule has 1 heterocycles. The normalized spacial score (nSPS) is 32.9. The van der Waals surface area contributed by atoms with Crippen LogP contribution in [0.1, 0.15) is 11.1 Å². The van der Waals surface area contributed by atoms with Gasteiger partial charge in [-0.1, -0.05) is 60.7 Å². The second-order valence-corrected chi connectivity index (χ2v) is 9.43. The summed E-state index contributed by atoms with van der Waals surface area (Å²) in [6.07, 6.45) is -4.36. The summed E-state index contributed by atoms with van der Waals surface area (Å²) in [7, 11) is -4.30. The smallest absolute Gasteiger partial charge is 0.238 e. The molecule has 0 spiro atoms. The highest BCUT2D eigenvalue weighted by atomic mass is 31.2. The molecule has 0 aromatic heterocycles. The van der Waals surface area contributed by atoms with Crippen LogP contribution in [0.2, 0.25) is 0 Å². The van der Waals surface area contributed by atoms with Gasteiger partial charge in [0.2, 0.25) is 7.37 Å². The maximum absolute atomic E-state index is 12.6. The van der Waals surface area contributed by atoms with Gasteiger partial charge in [0.25, 0.3) is 0 Å². The fraction of sp³-hybridized carbons (Fsp3) is 0.400. The highest BCUT2D eigenvalue weighted by molar-refractivity contribution is 7.59. The molecular weight excluding hydrogens is 383 g/mol. The van der Waals surface area contributed by atoms with Gasteiger partial charge in [0.15, 0.2) is 5.85 Å².